The van der Waals surface area contributed by atoms with Crippen molar-refractivity contribution in [3.63, 3.8) is 0 Å². The zero-order valence-corrected chi connectivity index (χ0v) is 39.5. The van der Waals surface area contributed by atoms with E-state index in [2.05, 4.69) is 230 Å². The van der Waals surface area contributed by atoms with Crippen molar-refractivity contribution in [2.45, 2.75) is 34.6 Å². The molecular formula is C65H50N4. The highest BCUT2D eigenvalue weighted by atomic mass is 15.1. The fraction of sp³-hybridized carbons (Fsp3) is 0.0769. The molecular weight excluding hydrogens is 837 g/mol. The summed E-state index contributed by atoms with van der Waals surface area (Å²) in [6, 6.07) is 64.0. The van der Waals surface area contributed by atoms with E-state index < -0.39 is 0 Å². The van der Waals surface area contributed by atoms with Crippen LogP contribution in [0.3, 0.4) is 0 Å². The Balaban J connectivity index is 1.28. The number of allylic oxidation sites excluding steroid dienone is 5. The van der Waals surface area contributed by atoms with E-state index in [-0.39, 0.29) is 0 Å². The number of rotatable bonds is 9. The second-order valence-corrected chi connectivity index (χ2v) is 18.2. The first-order valence-corrected chi connectivity index (χ1v) is 23.6. The summed E-state index contributed by atoms with van der Waals surface area (Å²) in [4.78, 5) is 4.53. The third-order valence-corrected chi connectivity index (χ3v) is 13.8. The van der Waals surface area contributed by atoms with Crippen LogP contribution in [0.5, 0.6) is 0 Å². The van der Waals surface area contributed by atoms with Crippen molar-refractivity contribution in [2.75, 3.05) is 0 Å². The topological polar surface area (TPSA) is 46.5 Å². The Bertz CT molecular complexity index is 3880. The highest BCUT2D eigenvalue weighted by Crippen LogP contribution is 2.44. The van der Waals surface area contributed by atoms with Gasteiger partial charge >= 0.3 is 0 Å². The Morgan fingerprint density at radius 2 is 0.986 bits per heavy atom. The minimum absolute atomic E-state index is 0.565. The maximum atomic E-state index is 11.1. The molecule has 69 heavy (non-hydrogen) atoms. The summed E-state index contributed by atoms with van der Waals surface area (Å²) in [5.41, 5.74) is 22.2. The lowest BCUT2D eigenvalue weighted by Gasteiger charge is -2.20. The van der Waals surface area contributed by atoms with Gasteiger partial charge in [-0.25, -0.2) is 0 Å². The first kappa shape index (κ1) is 42.8. The molecule has 0 spiro atoms. The summed E-state index contributed by atoms with van der Waals surface area (Å²) in [6.07, 6.45) is 9.91. The van der Waals surface area contributed by atoms with Crippen molar-refractivity contribution in [3.05, 3.63) is 240 Å². The number of nitriles is 1. The van der Waals surface area contributed by atoms with Gasteiger partial charge in [0, 0.05) is 45.1 Å². The predicted molar refractivity (Wildman–Crippen MR) is 291 cm³/mol. The normalized spacial score (nSPS) is 11.9. The lowest BCUT2D eigenvalue weighted by atomic mass is 9.96. The Morgan fingerprint density at radius 3 is 1.42 bits per heavy atom. The number of fused-ring (bicyclic) bond motifs is 6. The molecule has 0 atom stereocenters. The molecule has 11 rings (SSSR count). The maximum Gasteiger partial charge on any atom is 0.0999 e. The van der Waals surface area contributed by atoms with E-state index in [9.17, 15) is 5.26 Å². The summed E-state index contributed by atoms with van der Waals surface area (Å²) in [7, 11) is 0. The molecule has 330 valence electrons. The van der Waals surface area contributed by atoms with Gasteiger partial charge in [0.15, 0.2) is 0 Å². The minimum atomic E-state index is 0.565. The second-order valence-electron chi connectivity index (χ2n) is 18.2. The van der Waals surface area contributed by atoms with Crippen LogP contribution in [0.25, 0.3) is 105 Å². The van der Waals surface area contributed by atoms with Crippen molar-refractivity contribution in [1.29, 1.82) is 5.26 Å². The molecule has 4 nitrogen and oxygen atoms in total. The van der Waals surface area contributed by atoms with Crippen LogP contribution in [-0.4, -0.2) is 14.1 Å². The van der Waals surface area contributed by atoms with E-state index in [1.165, 1.54) is 33.4 Å². The average molecular weight is 887 g/mol. The zero-order valence-electron chi connectivity index (χ0n) is 39.5. The molecule has 0 N–H and O–H groups in total. The van der Waals surface area contributed by atoms with Gasteiger partial charge in [-0.1, -0.05) is 134 Å². The van der Waals surface area contributed by atoms with Gasteiger partial charge in [0.25, 0.3) is 0 Å². The van der Waals surface area contributed by atoms with Crippen LogP contribution in [0, 0.1) is 32.1 Å². The summed E-state index contributed by atoms with van der Waals surface area (Å²) in [5.74, 6) is 0. The molecule has 0 aliphatic heterocycles. The number of pyridine rings is 1. The van der Waals surface area contributed by atoms with E-state index in [4.69, 9.17) is 0 Å². The van der Waals surface area contributed by atoms with Crippen LogP contribution < -0.4 is 0 Å². The van der Waals surface area contributed by atoms with Crippen LogP contribution >= 0.6 is 0 Å². The Kier molecular flexibility index (Phi) is 10.8. The molecule has 0 radical (unpaired) electrons. The molecule has 0 saturated carbocycles. The number of aromatic nitrogens is 3. The van der Waals surface area contributed by atoms with Crippen LogP contribution in [0.15, 0.2) is 213 Å². The van der Waals surface area contributed by atoms with Gasteiger partial charge in [-0.05, 0) is 163 Å². The number of hydrogen-bond acceptors (Lipinski definition) is 2. The Labute approximate surface area is 403 Å². The van der Waals surface area contributed by atoms with E-state index in [0.717, 1.165) is 99.5 Å². The molecule has 0 aliphatic carbocycles. The van der Waals surface area contributed by atoms with Crippen molar-refractivity contribution >= 4 is 49.2 Å². The van der Waals surface area contributed by atoms with Gasteiger partial charge in [0.05, 0.1) is 45.1 Å². The van der Waals surface area contributed by atoms with Crippen LogP contribution in [0.1, 0.15) is 41.7 Å². The molecule has 0 bridgehead atoms. The lowest BCUT2D eigenvalue weighted by Crippen LogP contribution is -2.05. The summed E-state index contributed by atoms with van der Waals surface area (Å²) in [6.45, 7) is 15.0. The highest BCUT2D eigenvalue weighted by molar-refractivity contribution is 6.14. The zero-order chi connectivity index (χ0) is 47.3. The third-order valence-electron chi connectivity index (χ3n) is 13.8. The smallest absolute Gasteiger partial charge is 0.0999 e. The van der Waals surface area contributed by atoms with Gasteiger partial charge in [-0.2, -0.15) is 5.26 Å². The fourth-order valence-electron chi connectivity index (χ4n) is 10.4. The van der Waals surface area contributed by atoms with Gasteiger partial charge in [0.1, 0.15) is 0 Å². The number of aryl methyl sites for hydroxylation is 3. The molecule has 0 saturated heterocycles. The van der Waals surface area contributed by atoms with Gasteiger partial charge in [-0.15, -0.1) is 0 Å². The van der Waals surface area contributed by atoms with Crippen LogP contribution in [0.4, 0.5) is 0 Å². The number of benzene rings is 8. The third kappa shape index (κ3) is 7.37. The largest absolute Gasteiger partial charge is 0.307 e. The molecule has 0 amide bonds. The molecule has 11 aromatic rings. The van der Waals surface area contributed by atoms with Crippen LogP contribution in [0.2, 0.25) is 0 Å². The SMILES string of the molecule is C=C(C)/C(=C\C=C/C)c1ccc2c(c1)c1cc(-c3ccccc3C)ccc1n2-c1cc(-c2cccnc2)c(C#N)cc1-n1c2ccc(-c3ccccc3C)cc2c2cc(-c3ccccc3C)ccc21. The summed E-state index contributed by atoms with van der Waals surface area (Å²) in [5, 5.41) is 15.6. The van der Waals surface area contributed by atoms with Gasteiger partial charge in [-0.3, -0.25) is 4.98 Å². The van der Waals surface area contributed by atoms with E-state index in [0.29, 0.717) is 5.56 Å². The van der Waals surface area contributed by atoms with Crippen molar-refractivity contribution in [2.24, 2.45) is 0 Å². The molecule has 8 aromatic carbocycles. The average Bonchev–Trinajstić information content (AvgIpc) is 3.87. The number of hydrogen-bond donors (Lipinski definition) is 0. The monoisotopic (exact) mass is 886 g/mol. The Hall–Kier alpha value is -8.78. The van der Waals surface area contributed by atoms with Gasteiger partial charge in [0.2, 0.25) is 0 Å². The molecule has 3 aromatic heterocycles. The lowest BCUT2D eigenvalue weighted by molar-refractivity contribution is 1.09. The van der Waals surface area contributed by atoms with Crippen molar-refractivity contribution < 1.29 is 0 Å². The standard InChI is InChI=1S/C65H50N4/c1-7-8-20-51(41(2)3)45-24-28-62-56(33-45)57-34-48(54-23-14-11-18-44(54)6)27-31-63(57)69(62)65-38-55(49-19-15-32-67-40-49)50(39-66)37-64(65)68-60-29-25-46(52-21-12-9-16-42(52)4)35-58(60)59-36-47(26-30-61(59)68)53-22-13-10-17-43(53)5/h7-38,40H,2H2,1,3-6H3/b8-7-,51-20+. The molecule has 0 fully saturated rings. The van der Waals surface area contributed by atoms with Crippen molar-refractivity contribution in [1.82, 2.24) is 14.1 Å². The second kappa shape index (κ2) is 17.5. The van der Waals surface area contributed by atoms with E-state index in [1.54, 1.807) is 6.20 Å². The quantitative estimate of drug-likeness (QED) is 0.136. The minimum Gasteiger partial charge on any atom is -0.307 e. The van der Waals surface area contributed by atoms with Gasteiger partial charge < -0.3 is 9.13 Å². The fourth-order valence-corrected chi connectivity index (χ4v) is 10.4. The maximum absolute atomic E-state index is 11.1. The van der Waals surface area contributed by atoms with E-state index >= 15 is 0 Å². The molecule has 0 unspecified atom stereocenters. The van der Waals surface area contributed by atoms with Crippen LogP contribution in [-0.2, 0) is 0 Å². The predicted octanol–water partition coefficient (Wildman–Crippen LogP) is 17.3. The van der Waals surface area contributed by atoms with Crippen molar-refractivity contribution in [3.8, 4) is 62.0 Å². The first-order valence-electron chi connectivity index (χ1n) is 23.6. The summed E-state index contributed by atoms with van der Waals surface area (Å²) >= 11 is 0. The number of nitrogens with zero attached hydrogens (tertiary/aromatic N) is 4. The molecule has 0 aliphatic rings. The molecule has 3 heterocycles. The van der Waals surface area contributed by atoms with E-state index in [1.807, 2.05) is 25.3 Å². The summed E-state index contributed by atoms with van der Waals surface area (Å²) < 4.78 is 4.79. The highest BCUT2D eigenvalue weighted by Gasteiger charge is 2.24. The Morgan fingerprint density at radius 1 is 0.522 bits per heavy atom. The molecule has 4 heteroatoms. The first-order chi connectivity index (χ1) is 33.7.